The summed E-state index contributed by atoms with van der Waals surface area (Å²) in [6.07, 6.45) is -0.226. The van der Waals surface area contributed by atoms with Gasteiger partial charge in [0.1, 0.15) is 17.5 Å². The van der Waals surface area contributed by atoms with E-state index in [-0.39, 0.29) is 60.7 Å². The number of carbonyl (C=O) groups is 6. The highest BCUT2D eigenvalue weighted by Crippen LogP contribution is 2.40. The molecule has 4 rings (SSSR count). The van der Waals surface area contributed by atoms with Crippen molar-refractivity contribution in [3.05, 3.63) is 89.9 Å². The number of imide groups is 1. The first-order valence-electron chi connectivity index (χ1n) is 27.4. The summed E-state index contributed by atoms with van der Waals surface area (Å²) in [5, 5.41) is 12.7. The summed E-state index contributed by atoms with van der Waals surface area (Å²) in [6.45, 7) is 14.1. The van der Waals surface area contributed by atoms with E-state index >= 15 is 4.39 Å². The first kappa shape index (κ1) is 72.3. The number of imidazole rings is 1. The van der Waals surface area contributed by atoms with Crippen molar-refractivity contribution >= 4 is 47.3 Å². The number of aliphatic carboxylic acids is 1. The fourth-order valence-corrected chi connectivity index (χ4v) is 8.38. The van der Waals surface area contributed by atoms with Crippen molar-refractivity contribution < 1.29 is 93.7 Å². The van der Waals surface area contributed by atoms with Crippen LogP contribution in [0.4, 0.5) is 22.0 Å². The van der Waals surface area contributed by atoms with E-state index in [0.717, 1.165) is 28.7 Å². The minimum Gasteiger partial charge on any atom is -0.475 e. The standard InChI is InChI=1S/C54H79F2N7O13S.C2HF3O2/c1-54(2,3)52(53-60-46(44-38-43(55)10-11-45(44)56)40-61(53)39-42-8-5-4-6-9-42)63(19-7-16-57)51(68)41-77-37-18-59-48(65)15-21-69-23-25-71-27-29-73-31-33-75-35-36-76-34-32-74-30-28-72-26-24-70-22-17-58-47(64)14-20-62-49(66)12-13-50(62)67;3-2(4,5)1(6)7/h4-6,8-13,38,40,52H,7,14-37,39,41,57H2,1-3H3,(H,58,64)(H,59,65);(H,6,7)/t52-;/m0./s1. The van der Waals surface area contributed by atoms with Gasteiger partial charge in [0, 0.05) is 75.2 Å². The molecule has 0 saturated carbocycles. The Labute approximate surface area is 490 Å². The van der Waals surface area contributed by atoms with Crippen molar-refractivity contribution in [3.8, 4) is 11.3 Å². The number of amides is 5. The molecule has 0 spiro atoms. The van der Waals surface area contributed by atoms with Crippen LogP contribution in [0.2, 0.25) is 0 Å². The van der Waals surface area contributed by atoms with E-state index < -0.39 is 47.1 Å². The second kappa shape index (κ2) is 41.2. The molecule has 0 unspecified atom stereocenters. The number of rotatable bonds is 43. The molecule has 2 heterocycles. The number of nitrogens with one attached hydrogen (secondary N) is 2. The summed E-state index contributed by atoms with van der Waals surface area (Å²) in [6, 6.07) is 12.5. The number of nitrogens with zero attached hydrogens (tertiary/aromatic N) is 4. The molecule has 2 aromatic carbocycles. The van der Waals surface area contributed by atoms with Gasteiger partial charge in [0.25, 0.3) is 11.8 Å². The van der Waals surface area contributed by atoms with Crippen LogP contribution >= 0.6 is 11.8 Å². The molecule has 0 fully saturated rings. The zero-order chi connectivity index (χ0) is 61.6. The van der Waals surface area contributed by atoms with Crippen molar-refractivity contribution in [1.82, 2.24) is 30.0 Å². The first-order chi connectivity index (χ1) is 40.2. The minimum absolute atomic E-state index is 0.0351. The Kier molecular flexibility index (Phi) is 35.4. The number of ether oxygens (including phenoxy) is 8. The highest BCUT2D eigenvalue weighted by molar-refractivity contribution is 7.99. The van der Waals surface area contributed by atoms with E-state index in [1.807, 2.05) is 55.7 Å². The molecule has 1 aliphatic rings. The Morgan fingerprint density at radius 3 is 1.69 bits per heavy atom. The molecule has 0 saturated heterocycles. The molecule has 28 heteroatoms. The predicted octanol–water partition coefficient (Wildman–Crippen LogP) is 4.58. The molecule has 1 atom stereocenters. The maximum Gasteiger partial charge on any atom is 0.490 e. The lowest BCUT2D eigenvalue weighted by Gasteiger charge is -2.40. The van der Waals surface area contributed by atoms with Crippen LogP contribution < -0.4 is 16.4 Å². The van der Waals surface area contributed by atoms with Crippen molar-refractivity contribution in [2.75, 3.05) is 150 Å². The van der Waals surface area contributed by atoms with Crippen molar-refractivity contribution in [1.29, 1.82) is 0 Å². The van der Waals surface area contributed by atoms with Gasteiger partial charge in [-0.3, -0.25) is 28.9 Å². The lowest BCUT2D eigenvalue weighted by Crippen LogP contribution is -2.44. The average molecular weight is 1220 g/mol. The number of hydrogen-bond donors (Lipinski definition) is 4. The highest BCUT2D eigenvalue weighted by atomic mass is 32.2. The Bertz CT molecular complexity index is 2440. The molecule has 0 radical (unpaired) electrons. The van der Waals surface area contributed by atoms with Gasteiger partial charge in [0.15, 0.2) is 0 Å². The van der Waals surface area contributed by atoms with Crippen molar-refractivity contribution in [3.63, 3.8) is 0 Å². The third-order valence-corrected chi connectivity index (χ3v) is 12.6. The molecule has 1 aromatic heterocycles. The number of nitrogens with two attached hydrogens (primary N) is 1. The predicted molar refractivity (Wildman–Crippen MR) is 299 cm³/mol. The molecule has 0 aliphatic carbocycles. The minimum atomic E-state index is -5.08. The van der Waals surface area contributed by atoms with Crippen LogP contribution in [0.5, 0.6) is 0 Å². The van der Waals surface area contributed by atoms with Gasteiger partial charge >= 0.3 is 12.1 Å². The number of aromatic nitrogens is 2. The zero-order valence-electron chi connectivity index (χ0n) is 47.8. The summed E-state index contributed by atoms with van der Waals surface area (Å²) in [5.41, 5.74) is 6.72. The van der Waals surface area contributed by atoms with Crippen molar-refractivity contribution in [2.24, 2.45) is 11.1 Å². The lowest BCUT2D eigenvalue weighted by molar-refractivity contribution is -0.192. The maximum absolute atomic E-state index is 15.1. The third kappa shape index (κ3) is 30.2. The maximum atomic E-state index is 15.1. The number of carboxylic acid groups (broad SMARTS) is 1. The van der Waals surface area contributed by atoms with E-state index in [1.54, 1.807) is 11.1 Å². The van der Waals surface area contributed by atoms with Gasteiger partial charge in [-0.25, -0.2) is 18.6 Å². The normalized spacial score (nSPS) is 12.8. The van der Waals surface area contributed by atoms with Gasteiger partial charge in [0.2, 0.25) is 17.7 Å². The van der Waals surface area contributed by atoms with Crippen molar-refractivity contribution in [2.45, 2.75) is 58.8 Å². The summed E-state index contributed by atoms with van der Waals surface area (Å²) >= 11 is 1.41. The van der Waals surface area contributed by atoms with E-state index in [1.165, 1.54) is 23.9 Å². The Hall–Kier alpha value is -5.95. The van der Waals surface area contributed by atoms with Gasteiger partial charge in [-0.1, -0.05) is 51.1 Å². The topological polar surface area (TPSA) is 271 Å². The summed E-state index contributed by atoms with van der Waals surface area (Å²) in [7, 11) is 0. The van der Waals surface area contributed by atoms with Crippen LogP contribution in [-0.4, -0.2) is 216 Å². The van der Waals surface area contributed by atoms with Crippen LogP contribution in [0.25, 0.3) is 11.3 Å². The number of hydrogen-bond acceptors (Lipinski definition) is 17. The SMILES string of the molecule is CC(C)(C)[C@H](c1nc(-c2cc(F)ccc2F)cn1Cc1ccccc1)N(CCCN)C(=O)CSCCNC(=O)CCOCCOCCOCCOCCOCCOCCOCCOCCNC(=O)CCN1C(=O)C=CC1=O.O=C(O)C(F)(F)F. The van der Waals surface area contributed by atoms with Gasteiger partial charge in [-0.2, -0.15) is 24.9 Å². The van der Waals surface area contributed by atoms with Crippen LogP contribution in [0.3, 0.4) is 0 Å². The number of alkyl halides is 3. The quantitative estimate of drug-likeness (QED) is 0.0343. The Morgan fingerprint density at radius 2 is 1.19 bits per heavy atom. The molecule has 84 heavy (non-hydrogen) atoms. The van der Waals surface area contributed by atoms with Crippen LogP contribution in [-0.2, 0) is 73.2 Å². The van der Waals surface area contributed by atoms with E-state index in [2.05, 4.69) is 10.6 Å². The first-order valence-corrected chi connectivity index (χ1v) is 28.5. The highest BCUT2D eigenvalue weighted by Gasteiger charge is 2.39. The summed E-state index contributed by atoms with van der Waals surface area (Å²) in [5.74, 6) is -4.09. The summed E-state index contributed by atoms with van der Waals surface area (Å²) in [4.78, 5) is 78.1. The van der Waals surface area contributed by atoms with E-state index in [9.17, 15) is 41.5 Å². The smallest absolute Gasteiger partial charge is 0.475 e. The average Bonchev–Trinajstić information content (AvgIpc) is 2.21. The Morgan fingerprint density at radius 1 is 0.702 bits per heavy atom. The van der Waals surface area contributed by atoms with Crippen LogP contribution in [0.1, 0.15) is 57.5 Å². The fraction of sp³-hybridized carbons (Fsp3) is 0.589. The molecule has 0 bridgehead atoms. The third-order valence-electron chi connectivity index (χ3n) is 11.7. The largest absolute Gasteiger partial charge is 0.490 e. The Balaban J connectivity index is 0.00000247. The number of carbonyl (C=O) groups excluding carboxylic acids is 5. The number of halogens is 5. The van der Waals surface area contributed by atoms with E-state index in [4.69, 9.17) is 58.5 Å². The van der Waals surface area contributed by atoms with Gasteiger partial charge < -0.3 is 68.8 Å². The molecule has 1 aliphatic heterocycles. The van der Waals surface area contributed by atoms with Gasteiger partial charge in [0.05, 0.1) is 123 Å². The number of benzene rings is 2. The molecule has 5 N–H and O–H groups in total. The monoisotopic (exact) mass is 1220 g/mol. The fourth-order valence-electron chi connectivity index (χ4n) is 7.65. The molecule has 470 valence electrons. The number of thioether (sulfide) groups is 1. The molecular formula is C56H80F5N7O15S. The van der Waals surface area contributed by atoms with Crippen LogP contribution in [0, 0.1) is 17.0 Å². The molecule has 3 aromatic rings. The molecular weight excluding hydrogens is 1140 g/mol. The second-order valence-corrected chi connectivity index (χ2v) is 20.4. The second-order valence-electron chi connectivity index (χ2n) is 19.3. The van der Waals surface area contributed by atoms with Crippen LogP contribution in [0.15, 0.2) is 66.9 Å². The number of carboxylic acids is 1. The lowest BCUT2D eigenvalue weighted by atomic mass is 9.84. The van der Waals surface area contributed by atoms with E-state index in [0.29, 0.717) is 150 Å². The molecule has 5 amide bonds. The zero-order valence-corrected chi connectivity index (χ0v) is 48.7. The summed E-state index contributed by atoms with van der Waals surface area (Å²) < 4.78 is 107. The van der Waals surface area contributed by atoms with Gasteiger partial charge in [-0.05, 0) is 42.1 Å². The molecule has 22 nitrogen and oxygen atoms in total. The van der Waals surface area contributed by atoms with Gasteiger partial charge in [-0.15, -0.1) is 0 Å².